The summed E-state index contributed by atoms with van der Waals surface area (Å²) >= 11 is 0. The number of anilines is 4. The Morgan fingerprint density at radius 3 is 2.08 bits per heavy atom. The van der Waals surface area contributed by atoms with Gasteiger partial charge in [-0.2, -0.15) is 13.2 Å². The Bertz CT molecular complexity index is 1360. The van der Waals surface area contributed by atoms with Gasteiger partial charge in [-0.15, -0.1) is 0 Å². The van der Waals surface area contributed by atoms with Crippen LogP contribution in [0.5, 0.6) is 0 Å². The molecule has 1 fully saturated rings. The first-order valence-corrected chi connectivity index (χ1v) is 11.7. The lowest BCUT2D eigenvalue weighted by atomic mass is 10.1. The van der Waals surface area contributed by atoms with Crippen LogP contribution in [-0.4, -0.2) is 32.2 Å². The van der Waals surface area contributed by atoms with Gasteiger partial charge in [0.1, 0.15) is 0 Å². The number of piperazine rings is 1. The number of nitrogens with zero attached hydrogens (tertiary/aromatic N) is 2. The monoisotopic (exact) mass is 490 g/mol. The molecule has 0 aliphatic carbocycles. The lowest BCUT2D eigenvalue weighted by molar-refractivity contribution is -0.137. The van der Waals surface area contributed by atoms with E-state index in [0.29, 0.717) is 37.6 Å². The number of para-hydroxylation sites is 1. The second kappa shape index (κ2) is 9.81. The molecule has 184 valence electrons. The molecule has 0 aromatic heterocycles. The maximum absolute atomic E-state index is 13.5. The lowest BCUT2D eigenvalue weighted by Gasteiger charge is -2.38. The van der Waals surface area contributed by atoms with Crippen LogP contribution in [0, 0.1) is 0 Å². The third-order valence-electron chi connectivity index (χ3n) is 6.35. The van der Waals surface area contributed by atoms with Crippen molar-refractivity contribution in [2.45, 2.75) is 6.18 Å². The van der Waals surface area contributed by atoms with Gasteiger partial charge in [0.15, 0.2) is 0 Å². The maximum Gasteiger partial charge on any atom is 0.416 e. The van der Waals surface area contributed by atoms with Crippen molar-refractivity contribution >= 4 is 39.6 Å². The van der Waals surface area contributed by atoms with E-state index in [1.165, 1.54) is 6.07 Å². The minimum absolute atomic E-state index is 0.121. The van der Waals surface area contributed by atoms with E-state index in [4.69, 9.17) is 0 Å². The van der Waals surface area contributed by atoms with Gasteiger partial charge in [-0.1, -0.05) is 54.6 Å². The molecular formula is C28H25F3N4O. The van der Waals surface area contributed by atoms with Crippen LogP contribution in [0.25, 0.3) is 10.8 Å². The van der Waals surface area contributed by atoms with Gasteiger partial charge in [-0.25, -0.2) is 4.79 Å². The van der Waals surface area contributed by atoms with Crippen LogP contribution in [0.1, 0.15) is 5.56 Å². The Morgan fingerprint density at radius 1 is 0.694 bits per heavy atom. The van der Waals surface area contributed by atoms with E-state index in [-0.39, 0.29) is 5.69 Å². The van der Waals surface area contributed by atoms with Crippen molar-refractivity contribution in [1.29, 1.82) is 0 Å². The molecule has 1 aliphatic rings. The van der Waals surface area contributed by atoms with Crippen LogP contribution in [-0.2, 0) is 6.18 Å². The Morgan fingerprint density at radius 2 is 1.33 bits per heavy atom. The highest BCUT2D eigenvalue weighted by molar-refractivity contribution is 6.07. The zero-order valence-electron chi connectivity index (χ0n) is 19.4. The molecule has 1 heterocycles. The minimum atomic E-state index is -4.52. The van der Waals surface area contributed by atoms with Gasteiger partial charge in [-0.3, -0.25) is 0 Å². The molecule has 5 rings (SSSR count). The summed E-state index contributed by atoms with van der Waals surface area (Å²) < 4.78 is 40.5. The van der Waals surface area contributed by atoms with Gasteiger partial charge in [0.25, 0.3) is 0 Å². The number of carbonyl (C=O) groups excluding carboxylic acids is 1. The Kier molecular flexibility index (Phi) is 6.41. The summed E-state index contributed by atoms with van der Waals surface area (Å²) in [5.41, 5.74) is 1.56. The molecule has 36 heavy (non-hydrogen) atoms. The summed E-state index contributed by atoms with van der Waals surface area (Å²) in [4.78, 5) is 17.2. The number of carbonyl (C=O) groups is 1. The topological polar surface area (TPSA) is 47.6 Å². The number of hydrogen-bond acceptors (Lipinski definition) is 3. The summed E-state index contributed by atoms with van der Waals surface area (Å²) in [6.45, 7) is 2.65. The Balaban J connectivity index is 1.37. The zero-order valence-corrected chi connectivity index (χ0v) is 19.4. The Labute approximate surface area is 207 Å². The predicted octanol–water partition coefficient (Wildman–Crippen LogP) is 6.83. The molecule has 0 atom stereocenters. The summed E-state index contributed by atoms with van der Waals surface area (Å²) in [7, 11) is 0. The quantitative estimate of drug-likeness (QED) is 0.330. The number of nitrogens with one attached hydrogen (secondary N) is 2. The van der Waals surface area contributed by atoms with E-state index in [1.54, 1.807) is 6.07 Å². The molecule has 1 saturated heterocycles. The van der Waals surface area contributed by atoms with Crippen molar-refractivity contribution < 1.29 is 18.0 Å². The van der Waals surface area contributed by atoms with E-state index >= 15 is 0 Å². The summed E-state index contributed by atoms with van der Waals surface area (Å²) in [5.74, 6) is 0. The van der Waals surface area contributed by atoms with Crippen molar-refractivity contribution in [2.75, 3.05) is 46.6 Å². The second-order valence-electron chi connectivity index (χ2n) is 8.65. The number of fused-ring (bicyclic) bond motifs is 1. The molecule has 2 amide bonds. The first-order valence-electron chi connectivity index (χ1n) is 11.7. The van der Waals surface area contributed by atoms with Crippen molar-refractivity contribution in [3.05, 3.63) is 96.6 Å². The minimum Gasteiger partial charge on any atom is -0.368 e. The fourth-order valence-electron chi connectivity index (χ4n) is 4.54. The molecule has 0 spiro atoms. The lowest BCUT2D eigenvalue weighted by Crippen LogP contribution is -2.46. The number of rotatable bonds is 4. The van der Waals surface area contributed by atoms with Gasteiger partial charge in [0.05, 0.1) is 22.6 Å². The molecule has 8 heteroatoms. The standard InChI is InChI=1S/C28H25F3N4O/c29-28(30,31)21-13-14-26(35-17-15-34(16-18-35)22-9-2-1-3-10-22)25(19-21)33-27(36)32-24-12-6-8-20-7-4-5-11-23(20)24/h1-14,19H,15-18H2,(H2,32,33,36). The van der Waals surface area contributed by atoms with Gasteiger partial charge >= 0.3 is 12.2 Å². The number of halogens is 3. The van der Waals surface area contributed by atoms with Gasteiger partial charge in [-0.05, 0) is 41.8 Å². The fourth-order valence-corrected chi connectivity index (χ4v) is 4.54. The van der Waals surface area contributed by atoms with Crippen LogP contribution in [0.3, 0.4) is 0 Å². The molecule has 0 unspecified atom stereocenters. The molecule has 4 aromatic rings. The third kappa shape index (κ3) is 5.07. The number of amides is 2. The fraction of sp³-hybridized carbons (Fsp3) is 0.179. The maximum atomic E-state index is 13.5. The first-order chi connectivity index (χ1) is 17.4. The van der Waals surface area contributed by atoms with Crippen molar-refractivity contribution in [3.63, 3.8) is 0 Å². The van der Waals surface area contributed by atoms with Crippen molar-refractivity contribution in [1.82, 2.24) is 0 Å². The van der Waals surface area contributed by atoms with Gasteiger partial charge < -0.3 is 20.4 Å². The first kappa shape index (κ1) is 23.5. The highest BCUT2D eigenvalue weighted by Gasteiger charge is 2.32. The summed E-state index contributed by atoms with van der Waals surface area (Å²) in [6, 6.07) is 26.0. The Hall–Kier alpha value is -4.20. The number of hydrogen-bond donors (Lipinski definition) is 2. The molecule has 0 bridgehead atoms. The number of benzene rings is 4. The summed E-state index contributed by atoms with van der Waals surface area (Å²) in [5, 5.41) is 7.26. The molecule has 1 aliphatic heterocycles. The van der Waals surface area contributed by atoms with Crippen LogP contribution >= 0.6 is 0 Å². The zero-order chi connectivity index (χ0) is 25.1. The number of alkyl halides is 3. The van der Waals surface area contributed by atoms with E-state index in [2.05, 4.69) is 15.5 Å². The number of urea groups is 1. The van der Waals surface area contributed by atoms with Crippen molar-refractivity contribution in [3.8, 4) is 0 Å². The van der Waals surface area contributed by atoms with Crippen molar-refractivity contribution in [2.24, 2.45) is 0 Å². The SMILES string of the molecule is O=C(Nc1cc(C(F)(F)F)ccc1N1CCN(c2ccccc2)CC1)Nc1cccc2ccccc12. The molecule has 4 aromatic carbocycles. The average molecular weight is 491 g/mol. The van der Waals surface area contributed by atoms with E-state index < -0.39 is 17.8 Å². The van der Waals surface area contributed by atoms with E-state index in [1.807, 2.05) is 71.6 Å². The highest BCUT2D eigenvalue weighted by Crippen LogP contribution is 2.36. The van der Waals surface area contributed by atoms with Crippen LogP contribution in [0.15, 0.2) is 91.0 Å². The van der Waals surface area contributed by atoms with Crippen LogP contribution in [0.4, 0.5) is 40.7 Å². The van der Waals surface area contributed by atoms with Gasteiger partial charge in [0, 0.05) is 37.3 Å². The third-order valence-corrected chi connectivity index (χ3v) is 6.35. The van der Waals surface area contributed by atoms with Crippen LogP contribution < -0.4 is 20.4 Å². The molecular weight excluding hydrogens is 465 g/mol. The molecule has 2 N–H and O–H groups in total. The van der Waals surface area contributed by atoms with Gasteiger partial charge in [0.2, 0.25) is 0 Å². The molecule has 0 saturated carbocycles. The average Bonchev–Trinajstić information content (AvgIpc) is 2.89. The second-order valence-corrected chi connectivity index (χ2v) is 8.65. The predicted molar refractivity (Wildman–Crippen MR) is 139 cm³/mol. The molecule has 0 radical (unpaired) electrons. The smallest absolute Gasteiger partial charge is 0.368 e. The summed E-state index contributed by atoms with van der Waals surface area (Å²) in [6.07, 6.45) is -4.52. The van der Waals surface area contributed by atoms with E-state index in [9.17, 15) is 18.0 Å². The molecule has 5 nitrogen and oxygen atoms in total. The largest absolute Gasteiger partial charge is 0.416 e. The normalized spacial score (nSPS) is 14.1. The van der Waals surface area contributed by atoms with Crippen LogP contribution in [0.2, 0.25) is 0 Å². The highest BCUT2D eigenvalue weighted by atomic mass is 19.4. The van der Waals surface area contributed by atoms with E-state index in [0.717, 1.165) is 28.6 Å².